The first-order chi connectivity index (χ1) is 11.7. The van der Waals surface area contributed by atoms with Crippen molar-refractivity contribution in [2.45, 2.75) is 38.5 Å². The first kappa shape index (κ1) is 15.4. The van der Waals surface area contributed by atoms with E-state index in [4.69, 9.17) is 9.51 Å². The van der Waals surface area contributed by atoms with E-state index in [-0.39, 0.29) is 5.91 Å². The van der Waals surface area contributed by atoms with E-state index in [1.807, 2.05) is 17.9 Å². The lowest BCUT2D eigenvalue weighted by atomic mass is 9.95. The maximum absolute atomic E-state index is 12.5. The number of piperidine rings is 1. The average molecular weight is 344 g/mol. The quantitative estimate of drug-likeness (QED) is 0.730. The van der Waals surface area contributed by atoms with Gasteiger partial charge in [0.25, 0.3) is 0 Å². The molecule has 1 aliphatic rings. The summed E-state index contributed by atoms with van der Waals surface area (Å²) in [6, 6.07) is 1.81. The van der Waals surface area contributed by atoms with Gasteiger partial charge in [-0.05, 0) is 19.8 Å². The van der Waals surface area contributed by atoms with Crippen LogP contribution in [0.3, 0.4) is 0 Å². The van der Waals surface area contributed by atoms with Gasteiger partial charge >= 0.3 is 0 Å². The minimum Gasteiger partial charge on any atom is -0.361 e. The molecule has 3 aromatic heterocycles. The first-order valence-corrected chi connectivity index (χ1v) is 9.19. The Kier molecular flexibility index (Phi) is 4.10. The molecule has 3 aromatic rings. The van der Waals surface area contributed by atoms with Crippen molar-refractivity contribution in [1.29, 1.82) is 0 Å². The van der Waals surface area contributed by atoms with Gasteiger partial charge in [-0.15, -0.1) is 11.3 Å². The number of rotatable bonds is 4. The van der Waals surface area contributed by atoms with Crippen LogP contribution in [-0.4, -0.2) is 38.4 Å². The Morgan fingerprint density at radius 3 is 3.25 bits per heavy atom. The normalized spacial score (nSPS) is 18.4. The summed E-state index contributed by atoms with van der Waals surface area (Å²) in [5.74, 6) is 2.31. The summed E-state index contributed by atoms with van der Waals surface area (Å²) in [5, 5.41) is 5.78. The third-order valence-electron chi connectivity index (χ3n) is 4.70. The lowest BCUT2D eigenvalue weighted by molar-refractivity contribution is -0.132. The van der Waals surface area contributed by atoms with E-state index in [1.54, 1.807) is 17.5 Å². The molecule has 24 heavy (non-hydrogen) atoms. The van der Waals surface area contributed by atoms with E-state index in [0.29, 0.717) is 18.8 Å². The Morgan fingerprint density at radius 2 is 2.42 bits per heavy atom. The van der Waals surface area contributed by atoms with Crippen LogP contribution in [0.25, 0.3) is 4.83 Å². The molecule has 1 aliphatic heterocycles. The van der Waals surface area contributed by atoms with Crippen molar-refractivity contribution in [3.63, 3.8) is 0 Å². The molecule has 7 heteroatoms. The van der Waals surface area contributed by atoms with E-state index >= 15 is 0 Å². The van der Waals surface area contributed by atoms with E-state index in [1.165, 1.54) is 4.83 Å². The highest BCUT2D eigenvalue weighted by Crippen LogP contribution is 2.32. The molecule has 0 aliphatic carbocycles. The fraction of sp³-hybridized carbons (Fsp3) is 0.471. The SMILES string of the molecule is Cc1nc([C@H]2CCCN(C(=O)CCc3ccno3)C2)c2sccn12. The number of hydrogen-bond donors (Lipinski definition) is 0. The third kappa shape index (κ3) is 2.84. The number of imidazole rings is 1. The highest BCUT2D eigenvalue weighted by atomic mass is 32.1. The molecule has 0 unspecified atom stereocenters. The largest absolute Gasteiger partial charge is 0.361 e. The van der Waals surface area contributed by atoms with Gasteiger partial charge in [-0.3, -0.25) is 9.20 Å². The van der Waals surface area contributed by atoms with Crippen molar-refractivity contribution in [2.24, 2.45) is 0 Å². The number of aromatic nitrogens is 3. The lowest BCUT2D eigenvalue weighted by Gasteiger charge is -2.32. The van der Waals surface area contributed by atoms with Crippen LogP contribution in [0.5, 0.6) is 0 Å². The molecule has 0 spiro atoms. The molecule has 1 amide bonds. The van der Waals surface area contributed by atoms with Gasteiger partial charge in [0.2, 0.25) is 5.91 Å². The van der Waals surface area contributed by atoms with Gasteiger partial charge in [-0.25, -0.2) is 4.98 Å². The van der Waals surface area contributed by atoms with E-state index in [9.17, 15) is 4.79 Å². The Hall–Kier alpha value is -2.15. The van der Waals surface area contributed by atoms with Crippen molar-refractivity contribution >= 4 is 22.1 Å². The highest BCUT2D eigenvalue weighted by Gasteiger charge is 2.28. The molecule has 1 atom stereocenters. The fourth-order valence-corrected chi connectivity index (χ4v) is 4.40. The molecule has 1 saturated heterocycles. The van der Waals surface area contributed by atoms with Gasteiger partial charge in [-0.2, -0.15) is 0 Å². The molecular formula is C17H20N4O2S. The van der Waals surface area contributed by atoms with Gasteiger partial charge in [0, 0.05) is 49.5 Å². The second kappa shape index (κ2) is 6.39. The minimum absolute atomic E-state index is 0.189. The number of amides is 1. The molecule has 126 valence electrons. The van der Waals surface area contributed by atoms with Crippen LogP contribution in [0.15, 0.2) is 28.4 Å². The van der Waals surface area contributed by atoms with E-state index in [2.05, 4.69) is 21.1 Å². The van der Waals surface area contributed by atoms with Gasteiger partial charge < -0.3 is 9.42 Å². The number of likely N-dealkylation sites (tertiary alicyclic amines) is 1. The van der Waals surface area contributed by atoms with Crippen LogP contribution in [0, 0.1) is 6.92 Å². The summed E-state index contributed by atoms with van der Waals surface area (Å²) in [7, 11) is 0. The Morgan fingerprint density at radius 1 is 1.50 bits per heavy atom. The molecule has 0 bridgehead atoms. The maximum Gasteiger partial charge on any atom is 0.223 e. The predicted octanol–water partition coefficient (Wildman–Crippen LogP) is 3.03. The highest BCUT2D eigenvalue weighted by molar-refractivity contribution is 7.15. The van der Waals surface area contributed by atoms with Crippen molar-refractivity contribution in [2.75, 3.05) is 13.1 Å². The van der Waals surface area contributed by atoms with Crippen LogP contribution in [0.4, 0.5) is 0 Å². The van der Waals surface area contributed by atoms with Crippen LogP contribution in [0.2, 0.25) is 0 Å². The number of hydrogen-bond acceptors (Lipinski definition) is 5. The second-order valence-corrected chi connectivity index (χ2v) is 7.17. The summed E-state index contributed by atoms with van der Waals surface area (Å²) in [5.41, 5.74) is 1.15. The lowest BCUT2D eigenvalue weighted by Crippen LogP contribution is -2.39. The Labute approximate surface area is 144 Å². The molecule has 0 aromatic carbocycles. The number of carbonyl (C=O) groups excluding carboxylic acids is 1. The van der Waals surface area contributed by atoms with Crippen LogP contribution < -0.4 is 0 Å². The summed E-state index contributed by atoms with van der Waals surface area (Å²) in [6.45, 7) is 3.64. The van der Waals surface area contributed by atoms with Crippen molar-refractivity contribution in [3.8, 4) is 0 Å². The van der Waals surface area contributed by atoms with Gasteiger partial charge in [-0.1, -0.05) is 5.16 Å². The molecule has 0 radical (unpaired) electrons. The second-order valence-electron chi connectivity index (χ2n) is 6.28. The summed E-state index contributed by atoms with van der Waals surface area (Å²) in [6.07, 6.45) is 6.88. The van der Waals surface area contributed by atoms with Crippen molar-refractivity contribution in [1.82, 2.24) is 19.4 Å². The van der Waals surface area contributed by atoms with E-state index < -0.39 is 0 Å². The fourth-order valence-electron chi connectivity index (χ4n) is 3.45. The monoisotopic (exact) mass is 344 g/mol. The zero-order chi connectivity index (χ0) is 16.5. The summed E-state index contributed by atoms with van der Waals surface area (Å²) >= 11 is 1.72. The van der Waals surface area contributed by atoms with E-state index in [0.717, 1.165) is 43.2 Å². The zero-order valence-electron chi connectivity index (χ0n) is 13.6. The topological polar surface area (TPSA) is 63.6 Å². The number of fused-ring (bicyclic) bond motifs is 1. The molecule has 1 fully saturated rings. The van der Waals surface area contributed by atoms with Crippen LogP contribution >= 0.6 is 11.3 Å². The average Bonchev–Trinajstić information content (AvgIpc) is 3.32. The van der Waals surface area contributed by atoms with Gasteiger partial charge in [0.05, 0.1) is 11.9 Å². The van der Waals surface area contributed by atoms with Crippen LogP contribution in [0.1, 0.15) is 42.5 Å². The zero-order valence-corrected chi connectivity index (χ0v) is 14.5. The Bertz CT molecular complexity index is 836. The molecular weight excluding hydrogens is 324 g/mol. The maximum atomic E-state index is 12.5. The Balaban J connectivity index is 1.45. The molecule has 0 N–H and O–H groups in total. The molecule has 4 rings (SSSR count). The summed E-state index contributed by atoms with van der Waals surface area (Å²) in [4.78, 5) is 20.5. The van der Waals surface area contributed by atoms with Gasteiger partial charge in [0.15, 0.2) is 0 Å². The minimum atomic E-state index is 0.189. The first-order valence-electron chi connectivity index (χ1n) is 8.32. The summed E-state index contributed by atoms with van der Waals surface area (Å²) < 4.78 is 7.22. The standard InChI is InChI=1S/C17H20N4O2S/c1-12-19-16(17-21(12)9-10-24-17)13-3-2-8-20(11-13)15(22)5-4-14-6-7-18-23-14/h6-7,9-10,13H,2-5,8,11H2,1H3/t13-/m0/s1. The van der Waals surface area contributed by atoms with Crippen molar-refractivity contribution in [3.05, 3.63) is 41.1 Å². The number of carbonyl (C=O) groups is 1. The van der Waals surface area contributed by atoms with Gasteiger partial charge in [0.1, 0.15) is 16.4 Å². The smallest absolute Gasteiger partial charge is 0.223 e. The molecule has 4 heterocycles. The molecule has 0 saturated carbocycles. The van der Waals surface area contributed by atoms with Crippen molar-refractivity contribution < 1.29 is 9.32 Å². The molecule has 6 nitrogen and oxygen atoms in total. The number of aryl methyl sites for hydroxylation is 2. The number of thiazole rings is 1. The third-order valence-corrected chi connectivity index (χ3v) is 5.58. The predicted molar refractivity (Wildman–Crippen MR) is 91.2 cm³/mol. The van der Waals surface area contributed by atoms with Crippen LogP contribution in [-0.2, 0) is 11.2 Å². The number of nitrogens with zero attached hydrogens (tertiary/aromatic N) is 4.